The number of ether oxygens (including phenoxy) is 4. The van der Waals surface area contributed by atoms with Crippen LogP contribution in [0, 0.1) is 0 Å². The molecular formula is C20H22N2O7S2. The molecule has 0 radical (unpaired) electrons. The first-order valence-electron chi connectivity index (χ1n) is 9.19. The van der Waals surface area contributed by atoms with Gasteiger partial charge in [0.1, 0.15) is 34.0 Å². The highest BCUT2D eigenvalue weighted by Crippen LogP contribution is 2.35. The Morgan fingerprint density at radius 1 is 1.00 bits per heavy atom. The van der Waals surface area contributed by atoms with Gasteiger partial charge in [0.15, 0.2) is 0 Å². The predicted octanol–water partition coefficient (Wildman–Crippen LogP) is 2.58. The van der Waals surface area contributed by atoms with Gasteiger partial charge in [-0.25, -0.2) is 0 Å². The summed E-state index contributed by atoms with van der Waals surface area (Å²) >= 11 is 1.07. The summed E-state index contributed by atoms with van der Waals surface area (Å²) in [5.74, 6) is 0.935. The van der Waals surface area contributed by atoms with Crippen molar-refractivity contribution in [3.63, 3.8) is 0 Å². The number of fused-ring (bicyclic) bond motifs is 1. The number of sulfonamides is 1. The highest BCUT2D eigenvalue weighted by molar-refractivity contribution is 7.90. The third-order valence-corrected chi connectivity index (χ3v) is 6.83. The van der Waals surface area contributed by atoms with Gasteiger partial charge in [0.25, 0.3) is 10.0 Å². The standard InChI is InChI=1S/C20H22N2O7S2/c1-5-29-17(23)12-22-18-15(27-3)10-11-16(28-4)19(18)30-20(22)21-31(24,25)14-8-6-13(26-2)7-9-14/h6-11H,5,12H2,1-4H3/b21-20-. The second-order valence-corrected chi connectivity index (χ2v) is 8.75. The first-order chi connectivity index (χ1) is 14.8. The van der Waals surface area contributed by atoms with E-state index in [9.17, 15) is 13.2 Å². The zero-order valence-corrected chi connectivity index (χ0v) is 19.1. The number of hydrogen-bond acceptors (Lipinski definition) is 8. The van der Waals surface area contributed by atoms with Gasteiger partial charge in [-0.3, -0.25) is 4.79 Å². The van der Waals surface area contributed by atoms with Crippen molar-refractivity contribution in [2.75, 3.05) is 27.9 Å². The quantitative estimate of drug-likeness (QED) is 0.470. The fourth-order valence-electron chi connectivity index (χ4n) is 2.91. The van der Waals surface area contributed by atoms with E-state index in [0.717, 1.165) is 11.3 Å². The Morgan fingerprint density at radius 2 is 1.65 bits per heavy atom. The minimum atomic E-state index is -4.07. The van der Waals surface area contributed by atoms with E-state index in [-0.39, 0.29) is 22.8 Å². The number of nitrogens with zero attached hydrogens (tertiary/aromatic N) is 2. The zero-order chi connectivity index (χ0) is 22.6. The molecule has 166 valence electrons. The summed E-state index contributed by atoms with van der Waals surface area (Å²) in [4.78, 5) is 12.3. The molecule has 0 amide bonds. The van der Waals surface area contributed by atoms with Gasteiger partial charge in [-0.2, -0.15) is 8.42 Å². The van der Waals surface area contributed by atoms with Crippen molar-refractivity contribution in [2.24, 2.45) is 4.40 Å². The smallest absolute Gasteiger partial charge is 0.326 e. The number of carbonyl (C=O) groups is 1. The van der Waals surface area contributed by atoms with Crippen molar-refractivity contribution in [3.8, 4) is 17.2 Å². The van der Waals surface area contributed by atoms with Gasteiger partial charge in [-0.15, -0.1) is 4.40 Å². The molecule has 0 saturated carbocycles. The fourth-order valence-corrected chi connectivity index (χ4v) is 5.25. The topological polar surface area (TPSA) is 105 Å². The number of aromatic nitrogens is 1. The van der Waals surface area contributed by atoms with E-state index in [1.165, 1.54) is 50.2 Å². The van der Waals surface area contributed by atoms with E-state index in [0.29, 0.717) is 27.5 Å². The summed E-state index contributed by atoms with van der Waals surface area (Å²) in [6.45, 7) is 1.64. The maximum Gasteiger partial charge on any atom is 0.326 e. The SMILES string of the molecule is CCOC(=O)Cn1/c(=N/S(=O)(=O)c2ccc(OC)cc2)sc2c(OC)ccc(OC)c21. The van der Waals surface area contributed by atoms with Crippen LogP contribution in [0.5, 0.6) is 17.2 Å². The molecule has 0 aliphatic rings. The van der Waals surface area contributed by atoms with Gasteiger partial charge in [0.05, 0.1) is 32.8 Å². The number of methoxy groups -OCH3 is 3. The van der Waals surface area contributed by atoms with Crippen molar-refractivity contribution < 1.29 is 32.2 Å². The molecular weight excluding hydrogens is 444 g/mol. The van der Waals surface area contributed by atoms with Crippen molar-refractivity contribution in [2.45, 2.75) is 18.4 Å². The van der Waals surface area contributed by atoms with Gasteiger partial charge < -0.3 is 23.5 Å². The van der Waals surface area contributed by atoms with E-state index >= 15 is 0 Å². The first kappa shape index (κ1) is 22.6. The lowest BCUT2D eigenvalue weighted by Gasteiger charge is -2.10. The molecule has 0 N–H and O–H groups in total. The van der Waals surface area contributed by atoms with Gasteiger partial charge in [-0.05, 0) is 43.3 Å². The van der Waals surface area contributed by atoms with Crippen LogP contribution in [0.4, 0.5) is 0 Å². The Labute approximate surface area is 183 Å². The molecule has 9 nitrogen and oxygen atoms in total. The maximum atomic E-state index is 13.0. The van der Waals surface area contributed by atoms with E-state index in [4.69, 9.17) is 18.9 Å². The molecule has 0 fully saturated rings. The largest absolute Gasteiger partial charge is 0.497 e. The lowest BCUT2D eigenvalue weighted by atomic mass is 10.3. The Balaban J connectivity index is 2.27. The van der Waals surface area contributed by atoms with Crippen molar-refractivity contribution in [3.05, 3.63) is 41.2 Å². The molecule has 0 atom stereocenters. The summed E-state index contributed by atoms with van der Waals surface area (Å²) < 4.78 is 53.0. The molecule has 3 aromatic rings. The van der Waals surface area contributed by atoms with Crippen LogP contribution < -0.4 is 19.0 Å². The average Bonchev–Trinajstić information content (AvgIpc) is 3.10. The van der Waals surface area contributed by atoms with E-state index in [1.54, 1.807) is 19.1 Å². The van der Waals surface area contributed by atoms with Crippen LogP contribution >= 0.6 is 11.3 Å². The Hall–Kier alpha value is -3.05. The molecule has 0 unspecified atom stereocenters. The first-order valence-corrected chi connectivity index (χ1v) is 11.4. The summed E-state index contributed by atoms with van der Waals surface area (Å²) in [5.41, 5.74) is 0.489. The summed E-state index contributed by atoms with van der Waals surface area (Å²) in [6, 6.07) is 9.26. The highest BCUT2D eigenvalue weighted by atomic mass is 32.2. The Morgan fingerprint density at radius 3 is 2.23 bits per heavy atom. The molecule has 31 heavy (non-hydrogen) atoms. The number of esters is 1. The lowest BCUT2D eigenvalue weighted by molar-refractivity contribution is -0.143. The van der Waals surface area contributed by atoms with Crippen molar-refractivity contribution in [1.82, 2.24) is 4.57 Å². The number of benzene rings is 2. The lowest BCUT2D eigenvalue weighted by Crippen LogP contribution is -2.23. The maximum absolute atomic E-state index is 13.0. The molecule has 0 aliphatic heterocycles. The number of rotatable bonds is 8. The molecule has 1 heterocycles. The minimum absolute atomic E-state index is 0.00706. The molecule has 0 spiro atoms. The van der Waals surface area contributed by atoms with E-state index in [2.05, 4.69) is 4.40 Å². The van der Waals surface area contributed by atoms with Gasteiger partial charge >= 0.3 is 5.97 Å². The predicted molar refractivity (Wildman–Crippen MR) is 115 cm³/mol. The number of hydrogen-bond donors (Lipinski definition) is 0. The zero-order valence-electron chi connectivity index (χ0n) is 17.4. The molecule has 11 heteroatoms. The third kappa shape index (κ3) is 4.67. The van der Waals surface area contributed by atoms with E-state index in [1.807, 2.05) is 0 Å². The summed E-state index contributed by atoms with van der Waals surface area (Å²) in [6.07, 6.45) is 0. The third-order valence-electron chi connectivity index (χ3n) is 4.34. The molecule has 2 aromatic carbocycles. The van der Waals surface area contributed by atoms with Crippen LogP contribution in [0.25, 0.3) is 10.2 Å². The van der Waals surface area contributed by atoms with Gasteiger partial charge in [0.2, 0.25) is 4.80 Å². The monoisotopic (exact) mass is 466 g/mol. The number of thiazole rings is 1. The van der Waals surface area contributed by atoms with Gasteiger partial charge in [-0.1, -0.05) is 11.3 Å². The van der Waals surface area contributed by atoms with Crippen LogP contribution in [0.15, 0.2) is 45.7 Å². The second-order valence-electron chi connectivity index (χ2n) is 6.17. The normalized spacial score (nSPS) is 12.1. The molecule has 0 saturated heterocycles. The average molecular weight is 467 g/mol. The van der Waals surface area contributed by atoms with Crippen LogP contribution in [-0.2, 0) is 26.1 Å². The molecule has 3 rings (SSSR count). The summed E-state index contributed by atoms with van der Waals surface area (Å²) in [7, 11) is 0.406. The molecule has 1 aromatic heterocycles. The fraction of sp³-hybridized carbons (Fsp3) is 0.300. The van der Waals surface area contributed by atoms with Crippen LogP contribution in [0.1, 0.15) is 6.92 Å². The molecule has 0 aliphatic carbocycles. The number of carbonyl (C=O) groups excluding carboxylic acids is 1. The van der Waals surface area contributed by atoms with E-state index < -0.39 is 16.0 Å². The van der Waals surface area contributed by atoms with Gasteiger partial charge in [0, 0.05) is 0 Å². The van der Waals surface area contributed by atoms with Crippen molar-refractivity contribution >= 4 is 37.5 Å². The minimum Gasteiger partial charge on any atom is -0.497 e. The Bertz CT molecular complexity index is 1260. The Kier molecular flexibility index (Phi) is 6.86. The second kappa shape index (κ2) is 9.40. The van der Waals surface area contributed by atoms with Crippen LogP contribution in [0.2, 0.25) is 0 Å². The highest BCUT2D eigenvalue weighted by Gasteiger charge is 2.21. The van der Waals surface area contributed by atoms with Crippen molar-refractivity contribution in [1.29, 1.82) is 0 Å². The van der Waals surface area contributed by atoms with Crippen LogP contribution in [0.3, 0.4) is 0 Å². The summed E-state index contributed by atoms with van der Waals surface area (Å²) in [5, 5.41) is 0. The molecule has 0 bridgehead atoms. The van der Waals surface area contributed by atoms with Crippen LogP contribution in [-0.4, -0.2) is 46.9 Å².